The summed E-state index contributed by atoms with van der Waals surface area (Å²) >= 11 is 0. The van der Waals surface area contributed by atoms with Crippen LogP contribution >= 0.6 is 0 Å². The van der Waals surface area contributed by atoms with Crippen molar-refractivity contribution in [2.45, 2.75) is 32.3 Å². The van der Waals surface area contributed by atoms with Gasteiger partial charge in [-0.1, -0.05) is 32.9 Å². The lowest BCUT2D eigenvalue weighted by Gasteiger charge is -2.19. The van der Waals surface area contributed by atoms with Crippen molar-refractivity contribution in [1.29, 1.82) is 0 Å². The fourth-order valence-electron chi connectivity index (χ4n) is 1.41. The summed E-state index contributed by atoms with van der Waals surface area (Å²) in [6.45, 7) is 8.13. The van der Waals surface area contributed by atoms with Crippen LogP contribution in [0.5, 0.6) is 5.75 Å². The molecule has 2 rings (SSSR count). The molecule has 0 N–H and O–H groups in total. The Hall–Kier alpha value is -1.02. The summed E-state index contributed by atoms with van der Waals surface area (Å²) in [4.78, 5) is 0. The molecule has 0 spiro atoms. The molecule has 0 amide bonds. The zero-order chi connectivity index (χ0) is 10.9. The monoisotopic (exact) mass is 206 g/mol. The topological polar surface area (TPSA) is 21.8 Å². The van der Waals surface area contributed by atoms with Crippen molar-refractivity contribution in [2.75, 3.05) is 13.2 Å². The van der Waals surface area contributed by atoms with E-state index >= 15 is 0 Å². The molecule has 0 aliphatic carbocycles. The third-order valence-corrected chi connectivity index (χ3v) is 2.54. The predicted octanol–water partition coefficient (Wildman–Crippen LogP) is 2.76. The minimum absolute atomic E-state index is 0.176. The summed E-state index contributed by atoms with van der Waals surface area (Å²) < 4.78 is 10.7. The summed E-state index contributed by atoms with van der Waals surface area (Å²) in [7, 11) is 0. The fourth-order valence-corrected chi connectivity index (χ4v) is 1.41. The van der Waals surface area contributed by atoms with Gasteiger partial charge < -0.3 is 9.47 Å². The summed E-state index contributed by atoms with van der Waals surface area (Å²) in [5, 5.41) is 0. The van der Waals surface area contributed by atoms with Crippen molar-refractivity contribution in [1.82, 2.24) is 0 Å². The molecular formula is C13H18O2. The van der Waals surface area contributed by atoms with E-state index < -0.39 is 0 Å². The van der Waals surface area contributed by atoms with Gasteiger partial charge in [0.2, 0.25) is 0 Å². The molecule has 1 saturated heterocycles. The summed E-state index contributed by atoms with van der Waals surface area (Å²) in [6, 6.07) is 8.30. The SMILES string of the molecule is CC(C)(C)c1cccc(OC[C@H]2CO2)c1. The standard InChI is InChI=1S/C13H18O2/c1-13(2,3)10-5-4-6-11(7-10)14-8-12-9-15-12/h4-7,12H,8-9H2,1-3H3/t12-/m0/s1. The first kappa shape index (κ1) is 10.5. The number of epoxide rings is 1. The Bertz CT molecular complexity index is 335. The van der Waals surface area contributed by atoms with Gasteiger partial charge in [0.1, 0.15) is 18.5 Å². The van der Waals surface area contributed by atoms with E-state index in [1.54, 1.807) is 0 Å². The van der Waals surface area contributed by atoms with Gasteiger partial charge >= 0.3 is 0 Å². The molecule has 1 aromatic carbocycles. The van der Waals surface area contributed by atoms with Crippen molar-refractivity contribution in [3.8, 4) is 5.75 Å². The summed E-state index contributed by atoms with van der Waals surface area (Å²) in [5.74, 6) is 0.943. The van der Waals surface area contributed by atoms with Gasteiger partial charge in [-0.25, -0.2) is 0 Å². The van der Waals surface area contributed by atoms with Crippen molar-refractivity contribution in [3.63, 3.8) is 0 Å². The van der Waals surface area contributed by atoms with Gasteiger partial charge in [0.05, 0.1) is 6.61 Å². The van der Waals surface area contributed by atoms with Crippen LogP contribution in [0.2, 0.25) is 0 Å². The van der Waals surface area contributed by atoms with E-state index in [1.165, 1.54) is 5.56 Å². The Morgan fingerprint density at radius 1 is 1.40 bits per heavy atom. The van der Waals surface area contributed by atoms with Gasteiger partial charge in [-0.05, 0) is 23.1 Å². The Labute approximate surface area is 91.2 Å². The maximum atomic E-state index is 5.64. The molecule has 0 unspecified atom stereocenters. The molecule has 0 saturated carbocycles. The number of ether oxygens (including phenoxy) is 2. The van der Waals surface area contributed by atoms with E-state index in [1.807, 2.05) is 12.1 Å². The van der Waals surface area contributed by atoms with Crippen LogP contribution in [-0.4, -0.2) is 19.3 Å². The molecule has 1 fully saturated rings. The van der Waals surface area contributed by atoms with Crippen LogP contribution in [-0.2, 0) is 10.2 Å². The largest absolute Gasteiger partial charge is 0.491 e. The normalized spacial score (nSPS) is 20.1. The number of hydrogen-bond donors (Lipinski definition) is 0. The molecule has 1 aliphatic heterocycles. The zero-order valence-electron chi connectivity index (χ0n) is 9.62. The number of benzene rings is 1. The third-order valence-electron chi connectivity index (χ3n) is 2.54. The third kappa shape index (κ3) is 2.96. The quantitative estimate of drug-likeness (QED) is 0.709. The first-order chi connectivity index (χ1) is 7.05. The first-order valence-corrected chi connectivity index (χ1v) is 5.41. The molecule has 0 aromatic heterocycles. The molecule has 2 nitrogen and oxygen atoms in total. The van der Waals surface area contributed by atoms with Gasteiger partial charge in [0.25, 0.3) is 0 Å². The van der Waals surface area contributed by atoms with Crippen LogP contribution in [0.3, 0.4) is 0 Å². The number of rotatable bonds is 3. The minimum Gasteiger partial charge on any atom is -0.491 e. The van der Waals surface area contributed by atoms with Crippen molar-refractivity contribution in [3.05, 3.63) is 29.8 Å². The lowest BCUT2D eigenvalue weighted by molar-refractivity contribution is 0.262. The van der Waals surface area contributed by atoms with Gasteiger partial charge in [0.15, 0.2) is 0 Å². The van der Waals surface area contributed by atoms with Crippen LogP contribution in [0.15, 0.2) is 24.3 Å². The highest BCUT2D eigenvalue weighted by atomic mass is 16.6. The Morgan fingerprint density at radius 2 is 2.13 bits per heavy atom. The van der Waals surface area contributed by atoms with Gasteiger partial charge in [-0.15, -0.1) is 0 Å². The molecule has 1 atom stereocenters. The van der Waals surface area contributed by atoms with Crippen LogP contribution in [0, 0.1) is 0 Å². The second-order valence-corrected chi connectivity index (χ2v) is 5.04. The van der Waals surface area contributed by atoms with E-state index in [0.29, 0.717) is 12.7 Å². The maximum Gasteiger partial charge on any atom is 0.119 e. The van der Waals surface area contributed by atoms with E-state index in [9.17, 15) is 0 Å². The predicted molar refractivity (Wildman–Crippen MR) is 60.4 cm³/mol. The molecular weight excluding hydrogens is 188 g/mol. The van der Waals surface area contributed by atoms with E-state index in [-0.39, 0.29) is 5.41 Å². The Morgan fingerprint density at radius 3 is 2.73 bits per heavy atom. The van der Waals surface area contributed by atoms with Gasteiger partial charge in [0, 0.05) is 0 Å². The van der Waals surface area contributed by atoms with E-state index in [0.717, 1.165) is 12.4 Å². The molecule has 15 heavy (non-hydrogen) atoms. The molecule has 1 heterocycles. The molecule has 1 aromatic rings. The lowest BCUT2D eigenvalue weighted by atomic mass is 9.87. The minimum atomic E-state index is 0.176. The second-order valence-electron chi connectivity index (χ2n) is 5.04. The van der Waals surface area contributed by atoms with Gasteiger partial charge in [-0.3, -0.25) is 0 Å². The molecule has 0 radical (unpaired) electrons. The van der Waals surface area contributed by atoms with Crippen molar-refractivity contribution < 1.29 is 9.47 Å². The van der Waals surface area contributed by atoms with E-state index in [4.69, 9.17) is 9.47 Å². The maximum absolute atomic E-state index is 5.64. The molecule has 82 valence electrons. The molecule has 2 heteroatoms. The van der Waals surface area contributed by atoms with Crippen molar-refractivity contribution in [2.24, 2.45) is 0 Å². The number of hydrogen-bond acceptors (Lipinski definition) is 2. The van der Waals surface area contributed by atoms with E-state index in [2.05, 4.69) is 32.9 Å². The van der Waals surface area contributed by atoms with Crippen molar-refractivity contribution >= 4 is 0 Å². The lowest BCUT2D eigenvalue weighted by Crippen LogP contribution is -2.11. The highest BCUT2D eigenvalue weighted by Crippen LogP contribution is 2.26. The van der Waals surface area contributed by atoms with Gasteiger partial charge in [-0.2, -0.15) is 0 Å². The van der Waals surface area contributed by atoms with Crippen LogP contribution in [0.25, 0.3) is 0 Å². The first-order valence-electron chi connectivity index (χ1n) is 5.41. The highest BCUT2D eigenvalue weighted by molar-refractivity contribution is 5.32. The fraction of sp³-hybridized carbons (Fsp3) is 0.538. The second kappa shape index (κ2) is 3.86. The Kier molecular flexibility index (Phi) is 2.70. The highest BCUT2D eigenvalue weighted by Gasteiger charge is 2.23. The summed E-state index contributed by atoms with van der Waals surface area (Å²) in [6.07, 6.45) is 0.322. The van der Waals surface area contributed by atoms with Crippen LogP contribution in [0.4, 0.5) is 0 Å². The Balaban J connectivity index is 2.04. The summed E-state index contributed by atoms with van der Waals surface area (Å²) in [5.41, 5.74) is 1.48. The molecule has 0 bridgehead atoms. The smallest absolute Gasteiger partial charge is 0.119 e. The molecule has 1 aliphatic rings. The van der Waals surface area contributed by atoms with Crippen LogP contribution in [0.1, 0.15) is 26.3 Å². The average molecular weight is 206 g/mol. The van der Waals surface area contributed by atoms with Crippen LogP contribution < -0.4 is 4.74 Å². The average Bonchev–Trinajstić information content (AvgIpc) is 2.97. The zero-order valence-corrected chi connectivity index (χ0v) is 9.62.